The largest absolute Gasteiger partial charge is 0.351 e. The van der Waals surface area contributed by atoms with Crippen LogP contribution >= 0.6 is 7.60 Å². The number of rotatable bonds is 12. The van der Waals surface area contributed by atoms with Gasteiger partial charge in [0.15, 0.2) is 4.99 Å². The van der Waals surface area contributed by atoms with Crippen LogP contribution in [0.25, 0.3) is 28.0 Å². The first-order valence-corrected chi connectivity index (χ1v) is 14.8. The van der Waals surface area contributed by atoms with Crippen molar-refractivity contribution < 1.29 is 26.2 Å². The Labute approximate surface area is 208 Å². The van der Waals surface area contributed by atoms with Crippen molar-refractivity contribution in [3.63, 3.8) is 0 Å². The molecule has 6 nitrogen and oxygen atoms in total. The van der Waals surface area contributed by atoms with Gasteiger partial charge in [-0.3, -0.25) is 8.75 Å². The molecular weight excluding hydrogens is 483 g/mol. The topological polar surface area (TPSA) is 78.9 Å². The molecule has 0 fully saturated rings. The van der Waals surface area contributed by atoms with Gasteiger partial charge < -0.3 is 9.05 Å². The average molecular weight is 517 g/mol. The second-order valence-electron chi connectivity index (χ2n) is 8.29. The van der Waals surface area contributed by atoms with E-state index in [0.29, 0.717) is 0 Å². The minimum Gasteiger partial charge on any atom is -0.308 e. The fourth-order valence-corrected chi connectivity index (χ4v) is 8.07. The zero-order chi connectivity index (χ0) is 25.5. The first-order valence-electron chi connectivity index (χ1n) is 11.7. The molecule has 1 atom stereocenters. The van der Waals surface area contributed by atoms with Crippen molar-refractivity contribution >= 4 is 34.6 Å². The second kappa shape index (κ2) is 12.1. The summed E-state index contributed by atoms with van der Waals surface area (Å²) in [4.78, 5) is -1.45. The first-order chi connectivity index (χ1) is 16.7. The van der Waals surface area contributed by atoms with Gasteiger partial charge in [0.1, 0.15) is 0 Å². The second-order valence-corrected chi connectivity index (χ2v) is 12.6. The van der Waals surface area contributed by atoms with Gasteiger partial charge in [-0.1, -0.05) is 72.8 Å². The summed E-state index contributed by atoms with van der Waals surface area (Å²) in [5.41, 5.74) is 3.08. The third-order valence-corrected chi connectivity index (χ3v) is 10.5. The summed E-state index contributed by atoms with van der Waals surface area (Å²) in [6, 6.07) is 22.5. The SMILES string of the molecule is CCOP(=O)(OCC)C(CC=Cc1ccc(-c2ccc3ccccc3c2)cc1)S(=O)(=O)OC(C)C. The van der Waals surface area contributed by atoms with E-state index in [1.165, 1.54) is 10.8 Å². The molecule has 1 unspecified atom stereocenters. The molecule has 0 spiro atoms. The Balaban J connectivity index is 1.81. The van der Waals surface area contributed by atoms with E-state index in [1.807, 2.05) is 36.4 Å². The smallest absolute Gasteiger partial charge is 0.308 e. The highest BCUT2D eigenvalue weighted by Gasteiger charge is 2.45. The molecule has 3 rings (SSSR count). The number of fused-ring (bicyclic) bond motifs is 1. The van der Waals surface area contributed by atoms with Gasteiger partial charge in [0.2, 0.25) is 0 Å². The van der Waals surface area contributed by atoms with Gasteiger partial charge >= 0.3 is 7.60 Å². The van der Waals surface area contributed by atoms with Crippen LogP contribution in [0.1, 0.15) is 39.7 Å². The van der Waals surface area contributed by atoms with E-state index in [9.17, 15) is 13.0 Å². The summed E-state index contributed by atoms with van der Waals surface area (Å²) >= 11 is 0. The molecular formula is C27H33O6PS. The van der Waals surface area contributed by atoms with Gasteiger partial charge in [-0.25, -0.2) is 0 Å². The molecule has 0 N–H and O–H groups in total. The summed E-state index contributed by atoms with van der Waals surface area (Å²) in [6.07, 6.45) is 2.80. The molecule has 0 bridgehead atoms. The Morgan fingerprint density at radius 3 is 2.06 bits per heavy atom. The predicted octanol–water partition coefficient (Wildman–Crippen LogP) is 7.26. The molecule has 0 aromatic heterocycles. The summed E-state index contributed by atoms with van der Waals surface area (Å²) in [5.74, 6) is 0. The van der Waals surface area contributed by atoms with Crippen LogP contribution in [0.2, 0.25) is 0 Å². The summed E-state index contributed by atoms with van der Waals surface area (Å²) < 4.78 is 54.9. The van der Waals surface area contributed by atoms with Crippen molar-refractivity contribution in [2.24, 2.45) is 0 Å². The van der Waals surface area contributed by atoms with Gasteiger partial charge in [-0.2, -0.15) is 8.42 Å². The summed E-state index contributed by atoms with van der Waals surface area (Å²) in [7, 11) is -8.16. The van der Waals surface area contributed by atoms with Crippen molar-refractivity contribution in [1.29, 1.82) is 0 Å². The Hall–Kier alpha value is -2.28. The normalized spacial score (nSPS) is 13.6. The quantitative estimate of drug-likeness (QED) is 0.186. The van der Waals surface area contributed by atoms with Crippen LogP contribution in [0.3, 0.4) is 0 Å². The summed E-state index contributed by atoms with van der Waals surface area (Å²) in [6.45, 7) is 6.62. The molecule has 0 aliphatic rings. The highest BCUT2D eigenvalue weighted by Crippen LogP contribution is 2.56. The molecule has 188 valence electrons. The van der Waals surface area contributed by atoms with E-state index < -0.39 is 28.8 Å². The molecule has 0 radical (unpaired) electrons. The van der Waals surface area contributed by atoms with E-state index >= 15 is 0 Å². The molecule has 0 saturated heterocycles. The molecule has 0 amide bonds. The van der Waals surface area contributed by atoms with E-state index in [2.05, 4.69) is 30.3 Å². The van der Waals surface area contributed by atoms with E-state index in [1.54, 1.807) is 39.8 Å². The van der Waals surface area contributed by atoms with Crippen LogP contribution in [0.4, 0.5) is 0 Å². The monoisotopic (exact) mass is 516 g/mol. The van der Waals surface area contributed by atoms with E-state index in [4.69, 9.17) is 13.2 Å². The van der Waals surface area contributed by atoms with Gasteiger partial charge in [0.25, 0.3) is 10.1 Å². The van der Waals surface area contributed by atoms with Crippen LogP contribution in [0.15, 0.2) is 72.8 Å². The van der Waals surface area contributed by atoms with E-state index in [-0.39, 0.29) is 19.6 Å². The van der Waals surface area contributed by atoms with Crippen molar-refractivity contribution in [2.45, 2.75) is 45.2 Å². The number of hydrogen-bond acceptors (Lipinski definition) is 6. The maximum Gasteiger partial charge on any atom is 0.351 e. The number of hydrogen-bond donors (Lipinski definition) is 0. The maximum atomic E-state index is 13.3. The van der Waals surface area contributed by atoms with Gasteiger partial charge in [0, 0.05) is 0 Å². The Morgan fingerprint density at radius 1 is 0.857 bits per heavy atom. The fourth-order valence-electron chi connectivity index (χ4n) is 3.78. The fraction of sp³-hybridized carbons (Fsp3) is 0.333. The van der Waals surface area contributed by atoms with Crippen LogP contribution < -0.4 is 0 Å². The predicted molar refractivity (Wildman–Crippen MR) is 143 cm³/mol. The zero-order valence-electron chi connectivity index (χ0n) is 20.6. The number of benzene rings is 3. The molecule has 0 heterocycles. The first kappa shape index (κ1) is 27.3. The maximum absolute atomic E-state index is 13.3. The molecule has 0 aliphatic carbocycles. The van der Waals surface area contributed by atoms with Crippen molar-refractivity contribution in [3.05, 3.63) is 78.4 Å². The Kier molecular flexibility index (Phi) is 9.45. The minimum absolute atomic E-state index is 0.0604. The summed E-state index contributed by atoms with van der Waals surface area (Å²) in [5, 5.41) is 2.37. The van der Waals surface area contributed by atoms with Gasteiger partial charge in [-0.05, 0) is 67.6 Å². The molecule has 0 saturated carbocycles. The van der Waals surface area contributed by atoms with Crippen molar-refractivity contribution in [1.82, 2.24) is 0 Å². The lowest BCUT2D eigenvalue weighted by molar-refractivity contribution is 0.211. The Bertz CT molecular complexity index is 1290. The molecule has 35 heavy (non-hydrogen) atoms. The standard InChI is InChI=1S/C27H33O6PS/c1-5-31-34(28,32-6-2)27(35(29,30)33-21(3)4)13-9-10-22-14-16-24(17-15-22)26-19-18-23-11-7-8-12-25(23)20-26/h7-12,14-21,27H,5-6,13H2,1-4H3. The van der Waals surface area contributed by atoms with Crippen LogP contribution in [-0.4, -0.2) is 32.7 Å². The third-order valence-electron chi connectivity index (χ3n) is 5.27. The molecule has 8 heteroatoms. The highest BCUT2D eigenvalue weighted by atomic mass is 32.2. The van der Waals surface area contributed by atoms with Crippen LogP contribution in [0.5, 0.6) is 0 Å². The molecule has 3 aromatic rings. The zero-order valence-corrected chi connectivity index (χ0v) is 22.3. The van der Waals surface area contributed by atoms with Crippen molar-refractivity contribution in [2.75, 3.05) is 13.2 Å². The third kappa shape index (κ3) is 7.12. The lowest BCUT2D eigenvalue weighted by atomic mass is 10.0. The van der Waals surface area contributed by atoms with Crippen LogP contribution in [-0.2, 0) is 27.9 Å². The van der Waals surface area contributed by atoms with Crippen molar-refractivity contribution in [3.8, 4) is 11.1 Å². The lowest BCUT2D eigenvalue weighted by Gasteiger charge is -2.25. The van der Waals surface area contributed by atoms with Gasteiger partial charge in [-0.15, -0.1) is 0 Å². The lowest BCUT2D eigenvalue weighted by Crippen LogP contribution is -2.27. The van der Waals surface area contributed by atoms with Gasteiger partial charge in [0.05, 0.1) is 19.3 Å². The van der Waals surface area contributed by atoms with E-state index in [0.717, 1.165) is 16.7 Å². The minimum atomic E-state index is -4.20. The average Bonchev–Trinajstić information content (AvgIpc) is 2.81. The number of allylic oxidation sites excluding steroid dienone is 1. The van der Waals surface area contributed by atoms with Crippen LogP contribution in [0, 0.1) is 0 Å². The Morgan fingerprint density at radius 2 is 1.46 bits per heavy atom. The highest BCUT2D eigenvalue weighted by molar-refractivity contribution is 7.94. The molecule has 3 aromatic carbocycles. The molecule has 0 aliphatic heterocycles.